The van der Waals surface area contributed by atoms with E-state index in [0.29, 0.717) is 0 Å². The van der Waals surface area contributed by atoms with Gasteiger partial charge in [-0.15, -0.1) is 0 Å². The van der Waals surface area contributed by atoms with Crippen molar-refractivity contribution in [2.45, 2.75) is 0 Å². The molecule has 0 fully saturated rings. The van der Waals surface area contributed by atoms with Crippen LogP contribution in [0.25, 0.3) is 0 Å². The van der Waals surface area contributed by atoms with E-state index in [2.05, 4.69) is 273 Å². The second-order valence-corrected chi connectivity index (χ2v) is 27.0. The summed E-state index contributed by atoms with van der Waals surface area (Å²) in [5.74, 6) is 0. The first kappa shape index (κ1) is 46.0. The average Bonchev–Trinajstić information content (AvgIpc) is 3.34. The van der Waals surface area contributed by atoms with E-state index >= 15 is 0 Å². The SMILES string of the molecule is C=O.[H-].[H-].[H-].[Rh+3].c1ccc([As](c2ccccc2)c2ccccc2)cc1.c1ccc([As](c2ccccc2)c2ccccc2)cc1.c1ccc([As](c2ccccc2)c2ccccc2)cc1. The summed E-state index contributed by atoms with van der Waals surface area (Å²) in [5.41, 5.74) is 0. The first-order valence-corrected chi connectivity index (χ1v) is 27.9. The van der Waals surface area contributed by atoms with Crippen LogP contribution < -0.4 is 39.2 Å². The van der Waals surface area contributed by atoms with Crippen LogP contribution in [0, 0.1) is 0 Å². The molecule has 0 heterocycles. The van der Waals surface area contributed by atoms with E-state index in [1.54, 1.807) is 0 Å². The zero-order chi connectivity index (χ0) is 40.7. The molecule has 0 spiro atoms. The van der Waals surface area contributed by atoms with E-state index in [1.165, 1.54) is 39.2 Å². The number of benzene rings is 9. The van der Waals surface area contributed by atoms with E-state index in [4.69, 9.17) is 4.79 Å². The Balaban J connectivity index is 0.000000309. The minimum atomic E-state index is -1.39. The summed E-state index contributed by atoms with van der Waals surface area (Å²) in [6, 6.07) is 98.1. The summed E-state index contributed by atoms with van der Waals surface area (Å²) in [5, 5.41) is 0. The Hall–Kier alpha value is -5.05. The number of hydrogen-bond donors (Lipinski definition) is 0. The molecule has 9 aromatic carbocycles. The Kier molecular flexibility index (Phi) is 20.1. The molecule has 0 saturated heterocycles. The first-order valence-electron chi connectivity index (χ1n) is 19.5. The van der Waals surface area contributed by atoms with Crippen molar-refractivity contribution in [1.82, 2.24) is 0 Å². The Bertz CT molecular complexity index is 1900. The van der Waals surface area contributed by atoms with Crippen LogP contribution in [0.5, 0.6) is 0 Å². The number of carbonyl (C=O) groups excluding carboxylic acids is 1. The average molecular weight is 1050 g/mol. The number of rotatable bonds is 9. The van der Waals surface area contributed by atoms with Gasteiger partial charge in [0.25, 0.3) is 0 Å². The molecule has 0 radical (unpaired) electrons. The normalized spacial score (nSPS) is 10.1. The molecular weight excluding hydrogens is 1000 g/mol. The molecule has 0 aliphatic heterocycles. The van der Waals surface area contributed by atoms with Crippen LogP contribution in [-0.2, 0) is 24.3 Å². The summed E-state index contributed by atoms with van der Waals surface area (Å²) in [4.78, 5) is 8.00. The third-order valence-corrected chi connectivity index (χ3v) is 24.5. The molecule has 0 unspecified atom stereocenters. The second kappa shape index (κ2) is 26.2. The fraction of sp³-hybridized carbons (Fsp3) is 0. The molecule has 60 heavy (non-hydrogen) atoms. The maximum atomic E-state index is 8.00. The standard InChI is InChI=1S/3C18H15As.CH2O.Rh.3H/c3*1-4-10-16(11-5-1)19(17-12-6-2-7-13-17)18-14-8-3-9-15-18;1-2;;;;/h3*1-15H;1H2;;;;/q;;;;+3;3*-1. The van der Waals surface area contributed by atoms with Gasteiger partial charge in [-0.25, -0.2) is 0 Å². The van der Waals surface area contributed by atoms with Crippen LogP contribution in [0.1, 0.15) is 4.28 Å². The molecule has 9 aromatic rings. The maximum absolute atomic E-state index is 8.00. The van der Waals surface area contributed by atoms with Crippen molar-refractivity contribution in [3.63, 3.8) is 0 Å². The molecule has 0 bridgehead atoms. The van der Waals surface area contributed by atoms with Crippen LogP contribution in [0.4, 0.5) is 0 Å². The van der Waals surface area contributed by atoms with Gasteiger partial charge in [0.05, 0.1) is 0 Å². The van der Waals surface area contributed by atoms with Crippen LogP contribution in [-0.4, -0.2) is 50.7 Å². The van der Waals surface area contributed by atoms with Crippen molar-refractivity contribution < 1.29 is 28.6 Å². The van der Waals surface area contributed by atoms with Gasteiger partial charge in [0.2, 0.25) is 0 Å². The summed E-state index contributed by atoms with van der Waals surface area (Å²) in [6.45, 7) is 2.00. The van der Waals surface area contributed by atoms with Gasteiger partial charge < -0.3 is 9.07 Å². The van der Waals surface area contributed by atoms with Crippen molar-refractivity contribution in [3.8, 4) is 0 Å². The van der Waals surface area contributed by atoms with Crippen LogP contribution in [0.3, 0.4) is 0 Å². The molecule has 0 atom stereocenters. The molecule has 0 aliphatic rings. The number of hydrogen-bond acceptors (Lipinski definition) is 1. The Morgan fingerprint density at radius 3 is 0.367 bits per heavy atom. The third kappa shape index (κ3) is 13.5. The van der Waals surface area contributed by atoms with Crippen molar-refractivity contribution in [2.75, 3.05) is 0 Å². The van der Waals surface area contributed by atoms with Gasteiger partial charge in [-0.2, -0.15) is 0 Å². The van der Waals surface area contributed by atoms with Crippen molar-refractivity contribution in [1.29, 1.82) is 0 Å². The van der Waals surface area contributed by atoms with E-state index in [9.17, 15) is 0 Å². The van der Waals surface area contributed by atoms with Gasteiger partial charge in [-0.05, 0) is 0 Å². The van der Waals surface area contributed by atoms with Gasteiger partial charge in [0.15, 0.2) is 0 Å². The van der Waals surface area contributed by atoms with Crippen molar-refractivity contribution >= 4 is 89.9 Å². The molecule has 9 rings (SSSR count). The first-order chi connectivity index (χ1) is 29.3. The van der Waals surface area contributed by atoms with Gasteiger partial charge in [0.1, 0.15) is 6.79 Å². The van der Waals surface area contributed by atoms with Gasteiger partial charge in [-0.1, -0.05) is 0 Å². The Morgan fingerprint density at radius 1 is 0.200 bits per heavy atom. The summed E-state index contributed by atoms with van der Waals surface area (Å²) in [6.07, 6.45) is 0. The predicted octanol–water partition coefficient (Wildman–Crippen LogP) is 6.76. The monoisotopic (exact) mass is 1050 g/mol. The van der Waals surface area contributed by atoms with Crippen molar-refractivity contribution in [3.05, 3.63) is 273 Å². The van der Waals surface area contributed by atoms with Crippen LogP contribution >= 0.6 is 0 Å². The predicted molar refractivity (Wildman–Crippen MR) is 262 cm³/mol. The minimum absolute atomic E-state index is 0. The Labute approximate surface area is 388 Å². The summed E-state index contributed by atoms with van der Waals surface area (Å²) in [7, 11) is 0. The second-order valence-electron chi connectivity index (χ2n) is 13.0. The number of carbonyl (C=O) groups is 1. The van der Waals surface area contributed by atoms with Gasteiger partial charge in [-0.3, -0.25) is 0 Å². The molecule has 300 valence electrons. The molecule has 0 aromatic heterocycles. The zero-order valence-electron chi connectivity index (χ0n) is 36.3. The molecule has 1 nitrogen and oxygen atoms in total. The molecule has 0 saturated carbocycles. The van der Waals surface area contributed by atoms with Crippen LogP contribution in [0.2, 0.25) is 0 Å². The Morgan fingerprint density at radius 2 is 0.283 bits per heavy atom. The molecule has 5 heteroatoms. The van der Waals surface area contributed by atoms with Crippen LogP contribution in [0.15, 0.2) is 273 Å². The topological polar surface area (TPSA) is 17.1 Å². The van der Waals surface area contributed by atoms with E-state index in [1.807, 2.05) is 6.79 Å². The van der Waals surface area contributed by atoms with Gasteiger partial charge >= 0.3 is 376 Å². The quantitative estimate of drug-likeness (QED) is 0.146. The van der Waals surface area contributed by atoms with Gasteiger partial charge in [0, 0.05) is 0 Å². The molecular formula is C55H50As3ORh. The van der Waals surface area contributed by atoms with E-state index in [-0.39, 0.29) is 23.8 Å². The fourth-order valence-corrected chi connectivity index (χ4v) is 21.0. The summed E-state index contributed by atoms with van der Waals surface area (Å²) < 4.78 is 13.3. The van der Waals surface area contributed by atoms with E-state index in [0.717, 1.165) is 0 Å². The van der Waals surface area contributed by atoms with E-state index < -0.39 is 44.0 Å². The zero-order valence-corrected chi connectivity index (χ0v) is 40.5. The molecule has 0 N–H and O–H groups in total. The fourth-order valence-electron chi connectivity index (χ4n) is 6.54. The molecule has 0 aliphatic carbocycles. The molecule has 0 amide bonds. The third-order valence-electron chi connectivity index (χ3n) is 9.13. The van der Waals surface area contributed by atoms with Crippen molar-refractivity contribution in [2.24, 2.45) is 0 Å². The summed E-state index contributed by atoms with van der Waals surface area (Å²) >= 11 is -4.17.